The summed E-state index contributed by atoms with van der Waals surface area (Å²) in [7, 11) is 0. The van der Waals surface area contributed by atoms with Gasteiger partial charge in [-0.05, 0) is 32.0 Å². The number of ether oxygens (including phenoxy) is 1. The molecule has 0 aromatic heterocycles. The number of amides is 1. The molecule has 4 N–H and O–H groups in total. The Hall–Kier alpha value is -2.24. The van der Waals surface area contributed by atoms with E-state index < -0.39 is 0 Å². The van der Waals surface area contributed by atoms with Gasteiger partial charge in [0.05, 0.1) is 18.6 Å². The van der Waals surface area contributed by atoms with Gasteiger partial charge in [-0.25, -0.2) is 0 Å². The monoisotopic (exact) mass is 279 g/mol. The molecule has 1 aromatic rings. The molecule has 0 aliphatic rings. The van der Waals surface area contributed by atoms with E-state index in [1.54, 1.807) is 25.1 Å². The fourth-order valence-electron chi connectivity index (χ4n) is 1.69. The fraction of sp³-hybridized carbons (Fsp3) is 0.429. The van der Waals surface area contributed by atoms with Crippen molar-refractivity contribution < 1.29 is 14.3 Å². The van der Waals surface area contributed by atoms with Crippen molar-refractivity contribution in [2.24, 2.45) is 0 Å². The lowest BCUT2D eigenvalue weighted by Crippen LogP contribution is -2.24. The molecule has 1 rings (SSSR count). The van der Waals surface area contributed by atoms with Gasteiger partial charge in [-0.2, -0.15) is 0 Å². The molecule has 0 saturated carbocycles. The molecule has 0 aliphatic heterocycles. The third-order valence-electron chi connectivity index (χ3n) is 2.58. The average molecular weight is 279 g/mol. The quantitative estimate of drug-likeness (QED) is 0.518. The van der Waals surface area contributed by atoms with Crippen LogP contribution in [0.25, 0.3) is 0 Å². The third-order valence-corrected chi connectivity index (χ3v) is 2.58. The number of benzene rings is 1. The minimum absolute atomic E-state index is 0.175. The van der Waals surface area contributed by atoms with Crippen LogP contribution >= 0.6 is 0 Å². The molecule has 0 heterocycles. The molecule has 110 valence electrons. The van der Waals surface area contributed by atoms with Crippen LogP contribution in [0.15, 0.2) is 18.2 Å². The fourth-order valence-corrected chi connectivity index (χ4v) is 1.69. The van der Waals surface area contributed by atoms with Crippen molar-refractivity contribution in [3.05, 3.63) is 23.8 Å². The van der Waals surface area contributed by atoms with Crippen LogP contribution < -0.4 is 16.4 Å². The maximum atomic E-state index is 11.9. The second-order valence-corrected chi connectivity index (χ2v) is 4.15. The Labute approximate surface area is 118 Å². The second-order valence-electron chi connectivity index (χ2n) is 4.15. The highest BCUT2D eigenvalue weighted by Gasteiger charge is 2.11. The minimum atomic E-state index is -0.275. The molecule has 6 heteroatoms. The van der Waals surface area contributed by atoms with E-state index in [0.717, 1.165) is 0 Å². The van der Waals surface area contributed by atoms with Crippen LogP contribution in [0.3, 0.4) is 0 Å². The molecule has 0 atom stereocenters. The van der Waals surface area contributed by atoms with Crippen LogP contribution in [0, 0.1) is 0 Å². The first-order chi connectivity index (χ1) is 9.58. The van der Waals surface area contributed by atoms with Gasteiger partial charge in [0, 0.05) is 24.5 Å². The standard InChI is InChI=1S/C14H21N3O3/c1-3-16-14(19)11-6-5-10(15)9-12(11)17-8-7-13(18)20-4-2/h5-6,9,17H,3-4,7-8,15H2,1-2H3,(H,16,19). The lowest BCUT2D eigenvalue weighted by atomic mass is 10.1. The van der Waals surface area contributed by atoms with Crippen molar-refractivity contribution in [1.29, 1.82) is 0 Å². The predicted octanol–water partition coefficient (Wildman–Crippen LogP) is 1.38. The zero-order valence-corrected chi connectivity index (χ0v) is 11.9. The topological polar surface area (TPSA) is 93.5 Å². The van der Waals surface area contributed by atoms with Gasteiger partial charge in [0.1, 0.15) is 0 Å². The van der Waals surface area contributed by atoms with Crippen molar-refractivity contribution in [2.75, 3.05) is 30.7 Å². The van der Waals surface area contributed by atoms with Gasteiger partial charge in [-0.15, -0.1) is 0 Å². The summed E-state index contributed by atoms with van der Waals surface area (Å²) in [6.07, 6.45) is 0.234. The highest BCUT2D eigenvalue weighted by Crippen LogP contribution is 2.19. The maximum Gasteiger partial charge on any atom is 0.307 e. The molecule has 0 saturated heterocycles. The Kier molecular flexibility index (Phi) is 6.36. The van der Waals surface area contributed by atoms with Crippen molar-refractivity contribution >= 4 is 23.3 Å². The van der Waals surface area contributed by atoms with Gasteiger partial charge in [-0.1, -0.05) is 0 Å². The van der Waals surface area contributed by atoms with E-state index in [1.807, 2.05) is 6.92 Å². The number of hydrogen-bond donors (Lipinski definition) is 3. The molecule has 0 aliphatic carbocycles. The van der Waals surface area contributed by atoms with Gasteiger partial charge in [0.2, 0.25) is 0 Å². The third kappa shape index (κ3) is 4.79. The second kappa shape index (κ2) is 8.04. The summed E-state index contributed by atoms with van der Waals surface area (Å²) in [5.74, 6) is -0.449. The largest absolute Gasteiger partial charge is 0.466 e. The summed E-state index contributed by atoms with van der Waals surface area (Å²) in [6.45, 7) is 4.90. The summed E-state index contributed by atoms with van der Waals surface area (Å²) < 4.78 is 4.84. The average Bonchev–Trinajstić information content (AvgIpc) is 2.39. The number of rotatable bonds is 7. The number of hydrogen-bond acceptors (Lipinski definition) is 5. The molecule has 0 spiro atoms. The first-order valence-corrected chi connectivity index (χ1v) is 6.65. The van der Waals surface area contributed by atoms with Gasteiger partial charge in [0.25, 0.3) is 5.91 Å². The first-order valence-electron chi connectivity index (χ1n) is 6.65. The first kappa shape index (κ1) is 15.8. The molecule has 20 heavy (non-hydrogen) atoms. The van der Waals surface area contributed by atoms with Crippen molar-refractivity contribution in [2.45, 2.75) is 20.3 Å². The van der Waals surface area contributed by atoms with Crippen LogP contribution in [0.4, 0.5) is 11.4 Å². The smallest absolute Gasteiger partial charge is 0.307 e. The molecule has 1 amide bonds. The SMILES string of the molecule is CCNC(=O)c1ccc(N)cc1NCCC(=O)OCC. The molecular formula is C14H21N3O3. The highest BCUT2D eigenvalue weighted by molar-refractivity contribution is 6.00. The lowest BCUT2D eigenvalue weighted by Gasteiger charge is -2.12. The van der Waals surface area contributed by atoms with Gasteiger partial charge in [-0.3, -0.25) is 9.59 Å². The summed E-state index contributed by atoms with van der Waals surface area (Å²) in [5, 5.41) is 5.77. The van der Waals surface area contributed by atoms with Crippen molar-refractivity contribution in [3.63, 3.8) is 0 Å². The van der Waals surface area contributed by atoms with E-state index in [9.17, 15) is 9.59 Å². The Morgan fingerprint density at radius 3 is 2.70 bits per heavy atom. The van der Waals surface area contributed by atoms with Gasteiger partial charge < -0.3 is 21.1 Å². The number of nitrogens with one attached hydrogen (secondary N) is 2. The van der Waals surface area contributed by atoms with Crippen molar-refractivity contribution in [1.82, 2.24) is 5.32 Å². The Bertz CT molecular complexity index is 475. The molecule has 0 unspecified atom stereocenters. The summed E-state index contributed by atoms with van der Waals surface area (Å²) in [5.41, 5.74) is 7.39. The summed E-state index contributed by atoms with van der Waals surface area (Å²) in [6, 6.07) is 5.00. The Morgan fingerprint density at radius 1 is 1.30 bits per heavy atom. The van der Waals surface area contributed by atoms with E-state index in [1.165, 1.54) is 0 Å². The normalized spacial score (nSPS) is 9.90. The van der Waals surface area contributed by atoms with E-state index in [4.69, 9.17) is 10.5 Å². The summed E-state index contributed by atoms with van der Waals surface area (Å²) >= 11 is 0. The zero-order chi connectivity index (χ0) is 15.0. The van der Waals surface area contributed by atoms with E-state index in [-0.39, 0.29) is 18.3 Å². The van der Waals surface area contributed by atoms with Gasteiger partial charge >= 0.3 is 5.97 Å². The van der Waals surface area contributed by atoms with Gasteiger partial charge in [0.15, 0.2) is 0 Å². The molecule has 6 nitrogen and oxygen atoms in total. The molecule has 0 fully saturated rings. The Morgan fingerprint density at radius 2 is 2.05 bits per heavy atom. The van der Waals surface area contributed by atoms with E-state index in [0.29, 0.717) is 36.6 Å². The maximum absolute atomic E-state index is 11.9. The predicted molar refractivity (Wildman–Crippen MR) is 78.6 cm³/mol. The molecule has 0 bridgehead atoms. The van der Waals surface area contributed by atoms with E-state index >= 15 is 0 Å². The molecule has 0 radical (unpaired) electrons. The number of carbonyl (C=O) groups excluding carboxylic acids is 2. The van der Waals surface area contributed by atoms with Crippen LogP contribution in [-0.2, 0) is 9.53 Å². The van der Waals surface area contributed by atoms with Crippen LogP contribution in [-0.4, -0.2) is 31.6 Å². The molecular weight excluding hydrogens is 258 g/mol. The Balaban J connectivity index is 2.70. The number of carbonyl (C=O) groups is 2. The number of esters is 1. The van der Waals surface area contributed by atoms with Crippen molar-refractivity contribution in [3.8, 4) is 0 Å². The number of nitrogens with two attached hydrogens (primary N) is 1. The zero-order valence-electron chi connectivity index (χ0n) is 11.9. The molecule has 1 aromatic carbocycles. The lowest BCUT2D eigenvalue weighted by molar-refractivity contribution is -0.142. The summed E-state index contributed by atoms with van der Waals surface area (Å²) in [4.78, 5) is 23.1. The van der Waals surface area contributed by atoms with Crippen LogP contribution in [0.2, 0.25) is 0 Å². The van der Waals surface area contributed by atoms with Crippen LogP contribution in [0.1, 0.15) is 30.6 Å². The number of anilines is 2. The van der Waals surface area contributed by atoms with Crippen LogP contribution in [0.5, 0.6) is 0 Å². The highest BCUT2D eigenvalue weighted by atomic mass is 16.5. The number of nitrogen functional groups attached to an aromatic ring is 1. The van der Waals surface area contributed by atoms with E-state index in [2.05, 4.69) is 10.6 Å². The minimum Gasteiger partial charge on any atom is -0.466 e.